The minimum Gasteiger partial charge on any atom is -0.334 e. The number of anilines is 1. The van der Waals surface area contributed by atoms with Crippen LogP contribution in [0.5, 0.6) is 0 Å². The number of carbonyl (C=O) groups excluding carboxylic acids is 2. The van der Waals surface area contributed by atoms with Crippen LogP contribution in [0.15, 0.2) is 41.8 Å². The van der Waals surface area contributed by atoms with Crippen LogP contribution in [-0.2, 0) is 0 Å². The summed E-state index contributed by atoms with van der Waals surface area (Å²) in [6, 6.07) is 9.02. The predicted octanol–water partition coefficient (Wildman–Crippen LogP) is 2.65. The van der Waals surface area contributed by atoms with Crippen LogP contribution >= 0.6 is 11.3 Å². The zero-order chi connectivity index (χ0) is 17.8. The molecule has 0 bridgehead atoms. The van der Waals surface area contributed by atoms with Crippen LogP contribution in [0, 0.1) is 10.1 Å². The second-order valence-electron chi connectivity index (χ2n) is 5.49. The first-order valence-electron chi connectivity index (χ1n) is 7.68. The number of rotatable bonds is 3. The summed E-state index contributed by atoms with van der Waals surface area (Å²) >= 11 is 1.40. The molecule has 9 heteroatoms. The van der Waals surface area contributed by atoms with E-state index >= 15 is 0 Å². The SMILES string of the molecule is O=C(Nc1ccc([N+](=O)[O-])cc1)N1CCN(C(=O)c2cccs2)CC1. The molecule has 1 aromatic carbocycles. The summed E-state index contributed by atoms with van der Waals surface area (Å²) in [6.07, 6.45) is 0. The predicted molar refractivity (Wildman–Crippen MR) is 93.9 cm³/mol. The number of non-ortho nitro benzene ring substituents is 1. The van der Waals surface area contributed by atoms with Gasteiger partial charge in [-0.2, -0.15) is 0 Å². The molecule has 0 atom stereocenters. The number of piperazine rings is 1. The Kier molecular flexibility index (Phi) is 4.94. The normalized spacial score (nSPS) is 14.2. The first-order chi connectivity index (χ1) is 12.0. The number of hydrogen-bond acceptors (Lipinski definition) is 5. The van der Waals surface area contributed by atoms with Crippen LogP contribution in [-0.4, -0.2) is 52.8 Å². The molecule has 1 aliphatic heterocycles. The van der Waals surface area contributed by atoms with Gasteiger partial charge >= 0.3 is 6.03 Å². The summed E-state index contributed by atoms with van der Waals surface area (Å²) in [5.74, 6) is -0.00886. The van der Waals surface area contributed by atoms with Crippen molar-refractivity contribution in [3.63, 3.8) is 0 Å². The lowest BCUT2D eigenvalue weighted by Crippen LogP contribution is -2.51. The van der Waals surface area contributed by atoms with E-state index in [4.69, 9.17) is 0 Å². The highest BCUT2D eigenvalue weighted by Crippen LogP contribution is 2.17. The van der Waals surface area contributed by atoms with Gasteiger partial charge in [-0.3, -0.25) is 14.9 Å². The molecule has 0 spiro atoms. The van der Waals surface area contributed by atoms with Gasteiger partial charge in [0.2, 0.25) is 0 Å². The van der Waals surface area contributed by atoms with E-state index in [9.17, 15) is 19.7 Å². The fourth-order valence-corrected chi connectivity index (χ4v) is 3.23. The van der Waals surface area contributed by atoms with Crippen molar-refractivity contribution in [2.24, 2.45) is 0 Å². The Hall–Kier alpha value is -2.94. The monoisotopic (exact) mass is 360 g/mol. The molecule has 8 nitrogen and oxygen atoms in total. The average Bonchev–Trinajstić information content (AvgIpc) is 3.16. The van der Waals surface area contributed by atoms with Crippen LogP contribution in [0.1, 0.15) is 9.67 Å². The van der Waals surface area contributed by atoms with Gasteiger partial charge in [-0.25, -0.2) is 4.79 Å². The van der Waals surface area contributed by atoms with Crippen LogP contribution in [0.25, 0.3) is 0 Å². The van der Waals surface area contributed by atoms with E-state index in [2.05, 4.69) is 5.32 Å². The van der Waals surface area contributed by atoms with Gasteiger partial charge in [-0.1, -0.05) is 6.07 Å². The molecular formula is C16H16N4O4S. The van der Waals surface area contributed by atoms with E-state index in [0.717, 1.165) is 0 Å². The average molecular weight is 360 g/mol. The molecule has 0 unspecified atom stereocenters. The summed E-state index contributed by atoms with van der Waals surface area (Å²) in [4.78, 5) is 38.7. The highest BCUT2D eigenvalue weighted by Gasteiger charge is 2.25. The fourth-order valence-electron chi connectivity index (χ4n) is 2.54. The minimum atomic E-state index is -0.491. The summed E-state index contributed by atoms with van der Waals surface area (Å²) in [7, 11) is 0. The van der Waals surface area contributed by atoms with Gasteiger partial charge in [0.1, 0.15) is 0 Å². The number of amides is 3. The number of thiophene rings is 1. The molecule has 1 saturated heterocycles. The number of benzene rings is 1. The number of urea groups is 1. The number of nitrogens with one attached hydrogen (secondary N) is 1. The molecule has 3 rings (SSSR count). The van der Waals surface area contributed by atoms with Crippen molar-refractivity contribution in [3.8, 4) is 0 Å². The van der Waals surface area contributed by atoms with Gasteiger partial charge in [-0.15, -0.1) is 11.3 Å². The Balaban J connectivity index is 1.53. The molecule has 1 fully saturated rings. The van der Waals surface area contributed by atoms with Crippen molar-refractivity contribution in [2.75, 3.05) is 31.5 Å². The largest absolute Gasteiger partial charge is 0.334 e. The van der Waals surface area contributed by atoms with Gasteiger partial charge < -0.3 is 15.1 Å². The highest BCUT2D eigenvalue weighted by molar-refractivity contribution is 7.12. The van der Waals surface area contributed by atoms with Crippen molar-refractivity contribution in [1.29, 1.82) is 0 Å². The van der Waals surface area contributed by atoms with Gasteiger partial charge in [0.05, 0.1) is 9.80 Å². The first-order valence-corrected chi connectivity index (χ1v) is 8.56. The number of nitrogens with zero attached hydrogens (tertiary/aromatic N) is 3. The van der Waals surface area contributed by atoms with E-state index in [-0.39, 0.29) is 17.6 Å². The Bertz CT molecular complexity index is 768. The lowest BCUT2D eigenvalue weighted by Gasteiger charge is -2.34. The van der Waals surface area contributed by atoms with E-state index in [1.54, 1.807) is 15.9 Å². The molecule has 130 valence electrons. The molecule has 0 saturated carbocycles. The molecule has 1 aliphatic rings. The van der Waals surface area contributed by atoms with Crippen LogP contribution in [0.3, 0.4) is 0 Å². The summed E-state index contributed by atoms with van der Waals surface area (Å²) in [6.45, 7) is 1.83. The Morgan fingerprint density at radius 3 is 2.24 bits per heavy atom. The third-order valence-corrected chi connectivity index (χ3v) is 4.77. The van der Waals surface area contributed by atoms with Crippen LogP contribution in [0.4, 0.5) is 16.2 Å². The zero-order valence-corrected chi connectivity index (χ0v) is 14.1. The summed E-state index contributed by atoms with van der Waals surface area (Å²) < 4.78 is 0. The zero-order valence-electron chi connectivity index (χ0n) is 13.3. The lowest BCUT2D eigenvalue weighted by molar-refractivity contribution is -0.384. The van der Waals surface area contributed by atoms with Crippen molar-refractivity contribution >= 4 is 34.6 Å². The summed E-state index contributed by atoms with van der Waals surface area (Å²) in [5, 5.41) is 15.2. The molecule has 2 aromatic rings. The molecule has 1 N–H and O–H groups in total. The van der Waals surface area contributed by atoms with Gasteiger partial charge in [0, 0.05) is 44.0 Å². The van der Waals surface area contributed by atoms with Crippen molar-refractivity contribution in [1.82, 2.24) is 9.80 Å². The van der Waals surface area contributed by atoms with E-state index in [0.29, 0.717) is 36.7 Å². The third-order valence-electron chi connectivity index (χ3n) is 3.92. The van der Waals surface area contributed by atoms with Crippen LogP contribution < -0.4 is 5.32 Å². The standard InChI is InChI=1S/C16H16N4O4S/c21-15(14-2-1-11-25-14)18-7-9-19(10-8-18)16(22)17-12-3-5-13(6-4-12)20(23)24/h1-6,11H,7-10H2,(H,17,22). The topological polar surface area (TPSA) is 95.8 Å². The van der Waals surface area contributed by atoms with Gasteiger partial charge in [0.25, 0.3) is 11.6 Å². The number of carbonyl (C=O) groups is 2. The quantitative estimate of drug-likeness (QED) is 0.672. The second-order valence-corrected chi connectivity index (χ2v) is 6.44. The minimum absolute atomic E-state index is 0.00886. The fraction of sp³-hybridized carbons (Fsp3) is 0.250. The van der Waals surface area contributed by atoms with Crippen molar-refractivity contribution in [3.05, 3.63) is 56.8 Å². The van der Waals surface area contributed by atoms with Crippen LogP contribution in [0.2, 0.25) is 0 Å². The molecular weight excluding hydrogens is 344 g/mol. The molecule has 25 heavy (non-hydrogen) atoms. The van der Waals surface area contributed by atoms with E-state index in [1.165, 1.54) is 35.6 Å². The van der Waals surface area contributed by atoms with Crippen molar-refractivity contribution in [2.45, 2.75) is 0 Å². The Morgan fingerprint density at radius 1 is 1.04 bits per heavy atom. The number of nitro groups is 1. The molecule has 2 heterocycles. The Labute approximate surface area is 147 Å². The molecule has 3 amide bonds. The number of nitro benzene ring substituents is 1. The molecule has 1 aromatic heterocycles. The van der Waals surface area contributed by atoms with Crippen molar-refractivity contribution < 1.29 is 14.5 Å². The van der Waals surface area contributed by atoms with Gasteiger partial charge in [0.15, 0.2) is 0 Å². The maximum Gasteiger partial charge on any atom is 0.321 e. The number of hydrogen-bond donors (Lipinski definition) is 1. The lowest BCUT2D eigenvalue weighted by atomic mass is 10.3. The van der Waals surface area contributed by atoms with Gasteiger partial charge in [-0.05, 0) is 23.6 Å². The molecule has 0 radical (unpaired) electrons. The van der Waals surface area contributed by atoms with E-state index in [1.807, 2.05) is 11.4 Å². The van der Waals surface area contributed by atoms with E-state index < -0.39 is 4.92 Å². The smallest absolute Gasteiger partial charge is 0.321 e. The first kappa shape index (κ1) is 16.9. The highest BCUT2D eigenvalue weighted by atomic mass is 32.1. The second kappa shape index (κ2) is 7.31. The Morgan fingerprint density at radius 2 is 1.68 bits per heavy atom. The molecule has 0 aliphatic carbocycles. The third kappa shape index (κ3) is 3.94. The maximum atomic E-state index is 12.3. The maximum absolute atomic E-state index is 12.3. The summed E-state index contributed by atoms with van der Waals surface area (Å²) in [5.41, 5.74) is 0.464.